The van der Waals surface area contributed by atoms with Crippen molar-refractivity contribution in [2.45, 2.75) is 13.8 Å². The lowest BCUT2D eigenvalue weighted by Gasteiger charge is -2.05. The van der Waals surface area contributed by atoms with E-state index < -0.39 is 0 Å². The molecule has 1 rings (SSSR count). The molecule has 12 heavy (non-hydrogen) atoms. The number of methoxy groups -OCH3 is 1. The van der Waals surface area contributed by atoms with Crippen molar-refractivity contribution in [3.63, 3.8) is 0 Å². The van der Waals surface area contributed by atoms with Gasteiger partial charge in [0.2, 0.25) is 5.88 Å². The minimum Gasteiger partial charge on any atom is -0.480 e. The first-order chi connectivity index (χ1) is 5.69. The Morgan fingerprint density at radius 3 is 2.67 bits per heavy atom. The zero-order chi connectivity index (χ0) is 9.14. The second-order valence-corrected chi connectivity index (χ2v) is 2.62. The standard InChI is InChI=1S/C9H11NO2/c1-6-4-7(2)10-9(12-3)8(6)5-11/h4-5H,1-3H3. The molecule has 0 fully saturated rings. The number of carbonyl (C=O) groups excluding carboxylic acids is 1. The minimum atomic E-state index is 0.405. The molecule has 3 heteroatoms. The van der Waals surface area contributed by atoms with Gasteiger partial charge in [-0.2, -0.15) is 0 Å². The van der Waals surface area contributed by atoms with E-state index in [1.807, 2.05) is 19.9 Å². The van der Waals surface area contributed by atoms with E-state index in [1.165, 1.54) is 7.11 Å². The van der Waals surface area contributed by atoms with Crippen molar-refractivity contribution in [2.24, 2.45) is 0 Å². The molecule has 0 saturated heterocycles. The van der Waals surface area contributed by atoms with Gasteiger partial charge in [-0.15, -0.1) is 0 Å². The Balaban J connectivity index is 3.33. The van der Waals surface area contributed by atoms with Gasteiger partial charge >= 0.3 is 0 Å². The zero-order valence-electron chi connectivity index (χ0n) is 7.42. The van der Waals surface area contributed by atoms with E-state index in [0.29, 0.717) is 11.4 Å². The van der Waals surface area contributed by atoms with E-state index in [0.717, 1.165) is 17.5 Å². The van der Waals surface area contributed by atoms with Crippen molar-refractivity contribution in [3.05, 3.63) is 22.9 Å². The van der Waals surface area contributed by atoms with Crippen molar-refractivity contribution in [3.8, 4) is 5.88 Å². The van der Waals surface area contributed by atoms with Gasteiger partial charge in [-0.1, -0.05) is 0 Å². The van der Waals surface area contributed by atoms with Gasteiger partial charge in [-0.3, -0.25) is 4.79 Å². The van der Waals surface area contributed by atoms with Crippen LogP contribution in [0.1, 0.15) is 21.6 Å². The highest BCUT2D eigenvalue weighted by atomic mass is 16.5. The fourth-order valence-electron chi connectivity index (χ4n) is 1.11. The molecule has 0 amide bonds. The van der Waals surface area contributed by atoms with Crippen LogP contribution in [0.15, 0.2) is 6.07 Å². The van der Waals surface area contributed by atoms with Crippen molar-refractivity contribution in [1.82, 2.24) is 4.98 Å². The Hall–Kier alpha value is -1.38. The first-order valence-corrected chi connectivity index (χ1v) is 3.66. The summed E-state index contributed by atoms with van der Waals surface area (Å²) < 4.78 is 4.96. The lowest BCUT2D eigenvalue weighted by molar-refractivity contribution is 0.111. The molecule has 0 saturated carbocycles. The summed E-state index contributed by atoms with van der Waals surface area (Å²) in [6, 6.07) is 1.85. The molecule has 0 radical (unpaired) electrons. The second-order valence-electron chi connectivity index (χ2n) is 2.62. The molecule has 0 N–H and O–H groups in total. The number of ether oxygens (including phenoxy) is 1. The molecule has 0 atom stereocenters. The first-order valence-electron chi connectivity index (χ1n) is 3.66. The third kappa shape index (κ3) is 1.44. The van der Waals surface area contributed by atoms with Crippen LogP contribution in [-0.2, 0) is 0 Å². The van der Waals surface area contributed by atoms with Gasteiger partial charge in [0, 0.05) is 5.69 Å². The third-order valence-electron chi connectivity index (χ3n) is 1.67. The van der Waals surface area contributed by atoms with Crippen LogP contribution in [0.25, 0.3) is 0 Å². The van der Waals surface area contributed by atoms with Gasteiger partial charge in [-0.05, 0) is 25.5 Å². The summed E-state index contributed by atoms with van der Waals surface area (Å²) in [7, 11) is 1.51. The molecular weight excluding hydrogens is 154 g/mol. The Bertz CT molecular complexity index is 308. The monoisotopic (exact) mass is 165 g/mol. The van der Waals surface area contributed by atoms with E-state index in [1.54, 1.807) is 0 Å². The van der Waals surface area contributed by atoms with E-state index in [-0.39, 0.29) is 0 Å². The Morgan fingerprint density at radius 2 is 2.17 bits per heavy atom. The summed E-state index contributed by atoms with van der Waals surface area (Å²) in [5, 5.41) is 0. The lowest BCUT2D eigenvalue weighted by atomic mass is 10.1. The van der Waals surface area contributed by atoms with Gasteiger partial charge in [0.25, 0.3) is 0 Å². The molecule has 1 aromatic rings. The maximum atomic E-state index is 10.6. The van der Waals surface area contributed by atoms with Crippen LogP contribution in [0.2, 0.25) is 0 Å². The molecule has 0 aliphatic heterocycles. The smallest absolute Gasteiger partial charge is 0.224 e. The maximum Gasteiger partial charge on any atom is 0.224 e. The van der Waals surface area contributed by atoms with Crippen LogP contribution >= 0.6 is 0 Å². The maximum absolute atomic E-state index is 10.6. The number of aldehydes is 1. The van der Waals surface area contributed by atoms with Gasteiger partial charge < -0.3 is 4.74 Å². The molecule has 0 unspecified atom stereocenters. The zero-order valence-corrected chi connectivity index (χ0v) is 7.42. The number of aryl methyl sites for hydroxylation is 2. The van der Waals surface area contributed by atoms with Crippen molar-refractivity contribution < 1.29 is 9.53 Å². The summed E-state index contributed by atoms with van der Waals surface area (Å²) in [4.78, 5) is 14.7. The average molecular weight is 165 g/mol. The first kappa shape index (κ1) is 8.71. The Morgan fingerprint density at radius 1 is 1.50 bits per heavy atom. The minimum absolute atomic E-state index is 0.405. The van der Waals surface area contributed by atoms with Crippen LogP contribution < -0.4 is 4.74 Å². The van der Waals surface area contributed by atoms with Crippen LogP contribution in [0.4, 0.5) is 0 Å². The van der Waals surface area contributed by atoms with Crippen LogP contribution in [-0.4, -0.2) is 18.4 Å². The topological polar surface area (TPSA) is 39.2 Å². The van der Waals surface area contributed by atoms with Crippen LogP contribution in [0.5, 0.6) is 5.88 Å². The number of hydrogen-bond donors (Lipinski definition) is 0. The number of aromatic nitrogens is 1. The highest BCUT2D eigenvalue weighted by molar-refractivity contribution is 5.80. The van der Waals surface area contributed by atoms with Crippen molar-refractivity contribution in [1.29, 1.82) is 0 Å². The number of nitrogens with zero attached hydrogens (tertiary/aromatic N) is 1. The summed E-state index contributed by atoms with van der Waals surface area (Å²) >= 11 is 0. The molecule has 1 heterocycles. The highest BCUT2D eigenvalue weighted by Crippen LogP contribution is 2.17. The van der Waals surface area contributed by atoms with Crippen molar-refractivity contribution >= 4 is 6.29 Å². The summed E-state index contributed by atoms with van der Waals surface area (Å²) in [5.41, 5.74) is 2.28. The summed E-state index contributed by atoms with van der Waals surface area (Å²) in [6.45, 7) is 3.73. The second kappa shape index (κ2) is 3.34. The van der Waals surface area contributed by atoms with Gasteiger partial charge in [0.15, 0.2) is 6.29 Å². The fourth-order valence-corrected chi connectivity index (χ4v) is 1.11. The molecule has 3 nitrogen and oxygen atoms in total. The average Bonchev–Trinajstić information content (AvgIpc) is 2.03. The number of hydrogen-bond acceptors (Lipinski definition) is 3. The molecule has 0 aliphatic carbocycles. The lowest BCUT2D eigenvalue weighted by Crippen LogP contribution is -1.98. The molecule has 0 spiro atoms. The largest absolute Gasteiger partial charge is 0.480 e. The molecule has 64 valence electrons. The van der Waals surface area contributed by atoms with Crippen LogP contribution in [0.3, 0.4) is 0 Å². The molecule has 0 aromatic carbocycles. The highest BCUT2D eigenvalue weighted by Gasteiger charge is 2.07. The predicted molar refractivity (Wildman–Crippen MR) is 45.7 cm³/mol. The van der Waals surface area contributed by atoms with Gasteiger partial charge in [-0.25, -0.2) is 4.98 Å². The quantitative estimate of drug-likeness (QED) is 0.624. The SMILES string of the molecule is COc1nc(C)cc(C)c1C=O. The third-order valence-corrected chi connectivity index (χ3v) is 1.67. The summed E-state index contributed by atoms with van der Waals surface area (Å²) in [6.07, 6.45) is 0.764. The number of pyridine rings is 1. The molecule has 0 bridgehead atoms. The molecular formula is C9H11NO2. The number of rotatable bonds is 2. The van der Waals surface area contributed by atoms with E-state index in [4.69, 9.17) is 4.74 Å². The normalized spacial score (nSPS) is 9.58. The number of carbonyl (C=O) groups is 1. The molecule has 1 aromatic heterocycles. The predicted octanol–water partition coefficient (Wildman–Crippen LogP) is 1.52. The Kier molecular flexibility index (Phi) is 2.43. The van der Waals surface area contributed by atoms with Gasteiger partial charge in [0.05, 0.1) is 12.7 Å². The van der Waals surface area contributed by atoms with Crippen molar-refractivity contribution in [2.75, 3.05) is 7.11 Å². The molecule has 0 aliphatic rings. The van der Waals surface area contributed by atoms with Gasteiger partial charge in [0.1, 0.15) is 0 Å². The van der Waals surface area contributed by atoms with E-state index in [9.17, 15) is 4.79 Å². The van der Waals surface area contributed by atoms with E-state index in [2.05, 4.69) is 4.98 Å². The van der Waals surface area contributed by atoms with E-state index >= 15 is 0 Å². The van der Waals surface area contributed by atoms with Crippen LogP contribution in [0, 0.1) is 13.8 Å². The summed E-state index contributed by atoms with van der Waals surface area (Å²) in [5.74, 6) is 0.405. The Labute approximate surface area is 71.4 Å². The fraction of sp³-hybridized carbons (Fsp3) is 0.333.